The molecule has 0 saturated heterocycles. The van der Waals surface area contributed by atoms with E-state index in [1.54, 1.807) is 6.07 Å². The van der Waals surface area contributed by atoms with Gasteiger partial charge in [-0.2, -0.15) is 0 Å². The number of nitrogens with zero attached hydrogens (tertiary/aromatic N) is 1. The van der Waals surface area contributed by atoms with Gasteiger partial charge in [0.05, 0.1) is 0 Å². The van der Waals surface area contributed by atoms with E-state index in [9.17, 15) is 9.59 Å². The molecule has 2 N–H and O–H groups in total. The number of nitrogens with one attached hydrogen (secondary N) is 1. The van der Waals surface area contributed by atoms with Crippen molar-refractivity contribution in [1.29, 1.82) is 0 Å². The largest absolute Gasteiger partial charge is 0.480 e. The molecule has 0 radical (unpaired) electrons. The highest BCUT2D eigenvalue weighted by atomic mass is 16.5. The monoisotopic (exact) mass is 292 g/mol. The van der Waals surface area contributed by atoms with E-state index >= 15 is 0 Å². The number of carbonyl (C=O) groups excluding carboxylic acids is 1. The highest BCUT2D eigenvalue weighted by Crippen LogP contribution is 2.22. The van der Waals surface area contributed by atoms with Gasteiger partial charge in [0.15, 0.2) is 0 Å². The molecular weight excluding hydrogens is 272 g/mol. The van der Waals surface area contributed by atoms with E-state index in [0.29, 0.717) is 11.4 Å². The van der Waals surface area contributed by atoms with Crippen LogP contribution in [0.3, 0.4) is 0 Å². The average Bonchev–Trinajstić information content (AvgIpc) is 2.48. The van der Waals surface area contributed by atoms with E-state index < -0.39 is 17.9 Å². The van der Waals surface area contributed by atoms with Crippen LogP contribution >= 0.6 is 0 Å². The van der Waals surface area contributed by atoms with E-state index in [0.717, 1.165) is 25.7 Å². The predicted molar refractivity (Wildman–Crippen MR) is 76.3 cm³/mol. The molecule has 2 rings (SSSR count). The lowest BCUT2D eigenvalue weighted by Crippen LogP contribution is -2.38. The second kappa shape index (κ2) is 7.06. The summed E-state index contributed by atoms with van der Waals surface area (Å²) in [6, 6.07) is 2.16. The van der Waals surface area contributed by atoms with Crippen molar-refractivity contribution in [3.8, 4) is 5.88 Å². The fraction of sp³-hybridized carbons (Fsp3) is 0.533. The Balaban J connectivity index is 1.99. The lowest BCUT2D eigenvalue weighted by Gasteiger charge is -2.22. The molecule has 6 heteroatoms. The number of carboxylic acids is 1. The maximum Gasteiger partial charge on any atom is 0.325 e. The lowest BCUT2D eigenvalue weighted by atomic mass is 9.98. The van der Waals surface area contributed by atoms with Crippen molar-refractivity contribution in [2.24, 2.45) is 0 Å². The maximum absolute atomic E-state index is 11.9. The van der Waals surface area contributed by atoms with Crippen molar-refractivity contribution in [2.45, 2.75) is 51.2 Å². The number of aromatic nitrogens is 1. The highest BCUT2D eigenvalue weighted by molar-refractivity contribution is 5.96. The van der Waals surface area contributed by atoms with Crippen molar-refractivity contribution >= 4 is 11.9 Å². The van der Waals surface area contributed by atoms with E-state index in [-0.39, 0.29) is 6.10 Å². The van der Waals surface area contributed by atoms with Gasteiger partial charge in [0.1, 0.15) is 12.1 Å². The molecule has 1 saturated carbocycles. The van der Waals surface area contributed by atoms with Crippen molar-refractivity contribution in [1.82, 2.24) is 10.3 Å². The third kappa shape index (κ3) is 4.44. The molecular formula is C15H20N2O4. The number of ether oxygens (including phenoxy) is 1. The summed E-state index contributed by atoms with van der Waals surface area (Å²) < 4.78 is 5.79. The topological polar surface area (TPSA) is 88.5 Å². The van der Waals surface area contributed by atoms with Crippen LogP contribution in [0.5, 0.6) is 5.88 Å². The number of aliphatic carboxylic acids is 1. The smallest absolute Gasteiger partial charge is 0.325 e. The fourth-order valence-corrected chi connectivity index (χ4v) is 2.31. The van der Waals surface area contributed by atoms with Crippen molar-refractivity contribution in [3.63, 3.8) is 0 Å². The normalized spacial score (nSPS) is 17.0. The van der Waals surface area contributed by atoms with Gasteiger partial charge in [-0.3, -0.25) is 9.59 Å². The summed E-state index contributed by atoms with van der Waals surface area (Å²) in [5.74, 6) is -1.10. The minimum absolute atomic E-state index is 0.155. The van der Waals surface area contributed by atoms with E-state index in [4.69, 9.17) is 9.84 Å². The molecule has 1 heterocycles. The Kier molecular flexibility index (Phi) is 5.14. The number of pyridine rings is 1. The van der Waals surface area contributed by atoms with Gasteiger partial charge in [-0.1, -0.05) is 6.42 Å². The van der Waals surface area contributed by atoms with Crippen LogP contribution in [0, 0.1) is 0 Å². The number of carboxylic acid groups (broad SMARTS) is 1. The molecule has 114 valence electrons. The molecule has 6 nitrogen and oxygen atoms in total. The third-order valence-electron chi connectivity index (χ3n) is 3.55. The first-order valence-electron chi connectivity index (χ1n) is 7.22. The Morgan fingerprint density at radius 3 is 2.76 bits per heavy atom. The van der Waals surface area contributed by atoms with E-state index in [1.807, 2.05) is 0 Å². The van der Waals surface area contributed by atoms with Gasteiger partial charge in [0.25, 0.3) is 5.91 Å². The standard InChI is InChI=1S/C15H20N2O4/c1-10(15(19)20)17-14(18)11-7-8-16-13(9-11)21-12-5-3-2-4-6-12/h7-10,12H,2-6H2,1H3,(H,17,18)(H,19,20)/t10-/m1/s1. The second-order valence-corrected chi connectivity index (χ2v) is 5.29. The Morgan fingerprint density at radius 2 is 2.10 bits per heavy atom. The Labute approximate surface area is 123 Å². The zero-order valence-corrected chi connectivity index (χ0v) is 12.0. The SMILES string of the molecule is C[C@@H](NC(=O)c1ccnc(OC2CCCCC2)c1)C(=O)O. The van der Waals surface area contributed by atoms with Gasteiger partial charge in [0, 0.05) is 17.8 Å². The molecule has 1 aromatic heterocycles. The third-order valence-corrected chi connectivity index (χ3v) is 3.55. The quantitative estimate of drug-likeness (QED) is 0.866. The molecule has 0 unspecified atom stereocenters. The molecule has 0 bridgehead atoms. The van der Waals surface area contributed by atoms with Gasteiger partial charge in [0.2, 0.25) is 5.88 Å². The molecule has 1 aromatic rings. The molecule has 1 amide bonds. The van der Waals surface area contributed by atoms with Gasteiger partial charge in [-0.15, -0.1) is 0 Å². The summed E-state index contributed by atoms with van der Waals surface area (Å²) >= 11 is 0. The summed E-state index contributed by atoms with van der Waals surface area (Å²) in [7, 11) is 0. The van der Waals surface area contributed by atoms with Crippen LogP contribution in [-0.4, -0.2) is 34.1 Å². The highest BCUT2D eigenvalue weighted by Gasteiger charge is 2.18. The van der Waals surface area contributed by atoms with Crippen LogP contribution in [0.1, 0.15) is 49.4 Å². The number of amides is 1. The van der Waals surface area contributed by atoms with Crippen molar-refractivity contribution < 1.29 is 19.4 Å². The number of rotatable bonds is 5. The zero-order chi connectivity index (χ0) is 15.2. The summed E-state index contributed by atoms with van der Waals surface area (Å²) in [6.45, 7) is 1.42. The van der Waals surface area contributed by atoms with Gasteiger partial charge in [-0.05, 0) is 38.7 Å². The van der Waals surface area contributed by atoms with Crippen LogP contribution in [0.2, 0.25) is 0 Å². The molecule has 21 heavy (non-hydrogen) atoms. The Bertz CT molecular complexity index is 512. The van der Waals surface area contributed by atoms with Gasteiger partial charge >= 0.3 is 5.97 Å². The van der Waals surface area contributed by atoms with Crippen LogP contribution in [0.25, 0.3) is 0 Å². The number of carbonyl (C=O) groups is 2. The second-order valence-electron chi connectivity index (χ2n) is 5.29. The summed E-state index contributed by atoms with van der Waals surface area (Å²) in [5.41, 5.74) is 0.351. The zero-order valence-electron chi connectivity index (χ0n) is 12.0. The molecule has 0 aromatic carbocycles. The molecule has 1 fully saturated rings. The number of hydrogen-bond acceptors (Lipinski definition) is 4. The summed E-state index contributed by atoms with van der Waals surface area (Å²) in [4.78, 5) is 26.8. The molecule has 1 aliphatic rings. The van der Waals surface area contributed by atoms with E-state index in [1.165, 1.54) is 25.6 Å². The van der Waals surface area contributed by atoms with Crippen molar-refractivity contribution in [3.05, 3.63) is 23.9 Å². The minimum atomic E-state index is -1.07. The molecule has 1 aliphatic carbocycles. The first-order chi connectivity index (χ1) is 10.1. The van der Waals surface area contributed by atoms with Crippen LogP contribution in [0.15, 0.2) is 18.3 Å². The van der Waals surface area contributed by atoms with Gasteiger partial charge in [-0.25, -0.2) is 4.98 Å². The average molecular weight is 292 g/mol. The van der Waals surface area contributed by atoms with Crippen LogP contribution < -0.4 is 10.1 Å². The maximum atomic E-state index is 11.9. The minimum Gasteiger partial charge on any atom is -0.480 e. The molecule has 0 aliphatic heterocycles. The molecule has 0 spiro atoms. The van der Waals surface area contributed by atoms with E-state index in [2.05, 4.69) is 10.3 Å². The summed E-state index contributed by atoms with van der Waals surface area (Å²) in [6.07, 6.45) is 7.22. The van der Waals surface area contributed by atoms with Gasteiger partial charge < -0.3 is 15.2 Å². The van der Waals surface area contributed by atoms with Crippen molar-refractivity contribution in [2.75, 3.05) is 0 Å². The lowest BCUT2D eigenvalue weighted by molar-refractivity contribution is -0.138. The first kappa shape index (κ1) is 15.3. The number of hydrogen-bond donors (Lipinski definition) is 2. The summed E-state index contributed by atoms with van der Waals surface area (Å²) in [5, 5.41) is 11.2. The first-order valence-corrected chi connectivity index (χ1v) is 7.22. The van der Waals surface area contributed by atoms with Crippen LogP contribution in [0.4, 0.5) is 0 Å². The predicted octanol–water partition coefficient (Wildman–Crippen LogP) is 2.00. The Hall–Kier alpha value is -2.11. The fourth-order valence-electron chi connectivity index (χ4n) is 2.31. The van der Waals surface area contributed by atoms with Crippen LogP contribution in [-0.2, 0) is 4.79 Å². The molecule has 1 atom stereocenters. The Morgan fingerprint density at radius 1 is 1.38 bits per heavy atom.